The minimum absolute atomic E-state index is 0.0171. The molecular formula is C17H24ClN3O2. The number of alkyl halides is 1. The van der Waals surface area contributed by atoms with E-state index in [1.54, 1.807) is 19.1 Å². The van der Waals surface area contributed by atoms with Crippen LogP contribution in [-0.4, -0.2) is 49.3 Å². The van der Waals surface area contributed by atoms with Crippen molar-refractivity contribution in [2.24, 2.45) is 0 Å². The average Bonchev–Trinajstić information content (AvgIpc) is 2.54. The Bertz CT molecular complexity index is 581. The zero-order valence-electron chi connectivity index (χ0n) is 13.9. The summed E-state index contributed by atoms with van der Waals surface area (Å²) in [5, 5.41) is 2.12. The molecule has 0 bridgehead atoms. The Morgan fingerprint density at radius 3 is 2.43 bits per heavy atom. The van der Waals surface area contributed by atoms with Gasteiger partial charge in [-0.15, -0.1) is 11.6 Å². The second-order valence-corrected chi connectivity index (χ2v) is 6.74. The quantitative estimate of drug-likeness (QED) is 0.859. The highest BCUT2D eigenvalue weighted by Gasteiger charge is 2.22. The van der Waals surface area contributed by atoms with Crippen molar-refractivity contribution in [1.29, 1.82) is 0 Å². The van der Waals surface area contributed by atoms with Gasteiger partial charge in [0.1, 0.15) is 5.38 Å². The van der Waals surface area contributed by atoms with Gasteiger partial charge in [-0.2, -0.15) is 0 Å². The summed E-state index contributed by atoms with van der Waals surface area (Å²) in [5.41, 5.74) is 2.04. The Morgan fingerprint density at radius 1 is 1.22 bits per heavy atom. The molecule has 0 spiro atoms. The van der Waals surface area contributed by atoms with Crippen molar-refractivity contribution in [3.05, 3.63) is 23.8 Å². The van der Waals surface area contributed by atoms with E-state index < -0.39 is 5.38 Å². The van der Waals surface area contributed by atoms with Gasteiger partial charge in [0.25, 0.3) is 5.91 Å². The number of likely N-dealkylation sites (tertiary alicyclic amines) is 1. The second kappa shape index (κ2) is 7.68. The summed E-state index contributed by atoms with van der Waals surface area (Å²) in [6.07, 6.45) is 3.26. The Labute approximate surface area is 142 Å². The topological polar surface area (TPSA) is 52.7 Å². The molecule has 5 nitrogen and oxygen atoms in total. The zero-order valence-corrected chi connectivity index (χ0v) is 14.7. The molecule has 1 heterocycles. The van der Waals surface area contributed by atoms with Crippen molar-refractivity contribution >= 4 is 34.8 Å². The lowest BCUT2D eigenvalue weighted by Crippen LogP contribution is -2.36. The number of halogens is 1. The van der Waals surface area contributed by atoms with E-state index in [4.69, 9.17) is 11.6 Å². The number of nitrogens with one attached hydrogen (secondary N) is 1. The van der Waals surface area contributed by atoms with Gasteiger partial charge >= 0.3 is 0 Å². The van der Waals surface area contributed by atoms with Crippen molar-refractivity contribution in [2.45, 2.75) is 31.6 Å². The monoisotopic (exact) mass is 337 g/mol. The summed E-state index contributed by atoms with van der Waals surface area (Å²) in [4.78, 5) is 28.4. The molecule has 1 aromatic rings. The predicted molar refractivity (Wildman–Crippen MR) is 94.5 cm³/mol. The summed E-state index contributed by atoms with van der Waals surface area (Å²) in [5.74, 6) is -0.260. The molecular weight excluding hydrogens is 314 g/mol. The number of amides is 2. The van der Waals surface area contributed by atoms with Crippen LogP contribution in [0.3, 0.4) is 0 Å². The number of nitrogens with zero attached hydrogens (tertiary/aromatic N) is 2. The number of carbonyl (C=O) groups excluding carboxylic acids is 2. The lowest BCUT2D eigenvalue weighted by atomic mass is 10.1. The van der Waals surface area contributed by atoms with E-state index in [9.17, 15) is 9.59 Å². The summed E-state index contributed by atoms with van der Waals surface area (Å²) < 4.78 is 0. The van der Waals surface area contributed by atoms with E-state index in [-0.39, 0.29) is 11.8 Å². The van der Waals surface area contributed by atoms with Crippen LogP contribution in [0.2, 0.25) is 0 Å². The molecule has 1 aromatic carbocycles. The molecule has 126 valence electrons. The number of hydrogen-bond acceptors (Lipinski definition) is 3. The molecule has 0 radical (unpaired) electrons. The Morgan fingerprint density at radius 2 is 1.87 bits per heavy atom. The molecule has 1 saturated heterocycles. The van der Waals surface area contributed by atoms with E-state index in [0.29, 0.717) is 11.3 Å². The van der Waals surface area contributed by atoms with Gasteiger partial charge < -0.3 is 15.1 Å². The fourth-order valence-electron chi connectivity index (χ4n) is 2.68. The van der Waals surface area contributed by atoms with E-state index in [1.165, 1.54) is 6.42 Å². The highest BCUT2D eigenvalue weighted by atomic mass is 35.5. The van der Waals surface area contributed by atoms with Gasteiger partial charge in [-0.1, -0.05) is 0 Å². The first-order valence-corrected chi connectivity index (χ1v) is 8.39. The number of anilines is 2. The molecule has 1 aliphatic rings. The van der Waals surface area contributed by atoms with Gasteiger partial charge in [0.2, 0.25) is 5.91 Å². The minimum Gasteiger partial charge on any atom is -0.377 e. The molecule has 2 amide bonds. The maximum absolute atomic E-state index is 12.9. The highest BCUT2D eigenvalue weighted by Crippen LogP contribution is 2.26. The van der Waals surface area contributed by atoms with Crippen LogP contribution in [0, 0.1) is 0 Å². The van der Waals surface area contributed by atoms with Gasteiger partial charge in [0.15, 0.2) is 0 Å². The van der Waals surface area contributed by atoms with Crippen molar-refractivity contribution in [2.75, 3.05) is 37.4 Å². The molecule has 1 aliphatic heterocycles. The lowest BCUT2D eigenvalue weighted by molar-refractivity contribution is -0.115. The first kappa shape index (κ1) is 17.6. The molecule has 23 heavy (non-hydrogen) atoms. The maximum Gasteiger partial charge on any atom is 0.256 e. The van der Waals surface area contributed by atoms with Crippen LogP contribution >= 0.6 is 11.6 Å². The van der Waals surface area contributed by atoms with Crippen molar-refractivity contribution in [1.82, 2.24) is 4.90 Å². The number of piperidine rings is 1. The van der Waals surface area contributed by atoms with Crippen molar-refractivity contribution < 1.29 is 9.59 Å². The van der Waals surface area contributed by atoms with E-state index in [0.717, 1.165) is 31.6 Å². The molecule has 2 rings (SSSR count). The summed E-state index contributed by atoms with van der Waals surface area (Å²) in [7, 11) is 3.81. The number of benzene rings is 1. The van der Waals surface area contributed by atoms with Crippen molar-refractivity contribution in [3.8, 4) is 0 Å². The third-order valence-electron chi connectivity index (χ3n) is 3.98. The number of rotatable bonds is 4. The molecule has 1 atom stereocenters. The van der Waals surface area contributed by atoms with Crippen LogP contribution < -0.4 is 10.2 Å². The molecule has 6 heteroatoms. The van der Waals surface area contributed by atoms with Crippen LogP contribution in [0.5, 0.6) is 0 Å². The van der Waals surface area contributed by atoms with Crippen LogP contribution in [0.25, 0.3) is 0 Å². The predicted octanol–water partition coefficient (Wildman–Crippen LogP) is 2.94. The van der Waals surface area contributed by atoms with Gasteiger partial charge in [-0.25, -0.2) is 0 Å². The lowest BCUT2D eigenvalue weighted by Gasteiger charge is -2.28. The molecule has 0 saturated carbocycles. The van der Waals surface area contributed by atoms with Crippen LogP contribution in [0.4, 0.5) is 11.4 Å². The molecule has 1 unspecified atom stereocenters. The zero-order chi connectivity index (χ0) is 17.0. The smallest absolute Gasteiger partial charge is 0.256 e. The largest absolute Gasteiger partial charge is 0.377 e. The van der Waals surface area contributed by atoms with Crippen LogP contribution in [0.15, 0.2) is 18.2 Å². The SMILES string of the molecule is CC(Cl)C(=O)Nc1ccc(N(C)C)c(C(=O)N2CCCCC2)c1. The third-order valence-corrected chi connectivity index (χ3v) is 4.18. The second-order valence-electron chi connectivity index (χ2n) is 6.08. The standard InChI is InChI=1S/C17H24ClN3O2/c1-12(18)16(22)19-13-7-8-15(20(2)3)14(11-13)17(23)21-9-5-4-6-10-21/h7-8,11-12H,4-6,9-10H2,1-3H3,(H,19,22). The van der Waals surface area contributed by atoms with Gasteiger partial charge in [-0.05, 0) is 44.4 Å². The summed E-state index contributed by atoms with van der Waals surface area (Å²) >= 11 is 5.79. The van der Waals surface area contributed by atoms with E-state index >= 15 is 0 Å². The molecule has 1 N–H and O–H groups in total. The van der Waals surface area contributed by atoms with Gasteiger partial charge in [0, 0.05) is 38.6 Å². The Kier molecular flexibility index (Phi) is 5.88. The van der Waals surface area contributed by atoms with Gasteiger partial charge in [-0.3, -0.25) is 9.59 Å². The Balaban J connectivity index is 2.30. The van der Waals surface area contributed by atoms with Gasteiger partial charge in [0.05, 0.1) is 5.56 Å². The first-order valence-electron chi connectivity index (χ1n) is 7.95. The fraction of sp³-hybridized carbons (Fsp3) is 0.529. The van der Waals surface area contributed by atoms with E-state index in [1.807, 2.05) is 30.0 Å². The molecule has 0 aromatic heterocycles. The number of hydrogen-bond donors (Lipinski definition) is 1. The Hall–Kier alpha value is -1.75. The van der Waals surface area contributed by atoms with Crippen LogP contribution in [0.1, 0.15) is 36.5 Å². The third kappa shape index (κ3) is 4.38. The maximum atomic E-state index is 12.9. The number of carbonyl (C=O) groups is 2. The highest BCUT2D eigenvalue weighted by molar-refractivity contribution is 6.32. The summed E-state index contributed by atoms with van der Waals surface area (Å²) in [6, 6.07) is 5.38. The van der Waals surface area contributed by atoms with Crippen LogP contribution in [-0.2, 0) is 4.79 Å². The van der Waals surface area contributed by atoms with Crippen molar-refractivity contribution in [3.63, 3.8) is 0 Å². The molecule has 1 fully saturated rings. The molecule has 0 aliphatic carbocycles. The normalized spacial score (nSPS) is 15.9. The average molecular weight is 338 g/mol. The first-order chi connectivity index (χ1) is 10.9. The fourth-order valence-corrected chi connectivity index (χ4v) is 2.74. The minimum atomic E-state index is -0.621. The van der Waals surface area contributed by atoms with E-state index in [2.05, 4.69) is 5.32 Å². The summed E-state index contributed by atoms with van der Waals surface area (Å²) in [6.45, 7) is 3.20.